The lowest BCUT2D eigenvalue weighted by Crippen LogP contribution is -2.17. The number of ether oxygens (including phenoxy) is 2. The SMILES string of the molecule is O=S(=O)(Nc1cc2c(cc1Br)OCCO2)c1cc(Cl)ccc1Cl. The number of hydrogen-bond acceptors (Lipinski definition) is 4. The summed E-state index contributed by atoms with van der Waals surface area (Å²) < 4.78 is 39.0. The van der Waals surface area contributed by atoms with E-state index in [0.29, 0.717) is 34.9 Å². The van der Waals surface area contributed by atoms with Gasteiger partial charge in [0.25, 0.3) is 10.0 Å². The molecule has 2 aromatic carbocycles. The minimum atomic E-state index is -3.91. The highest BCUT2D eigenvalue weighted by atomic mass is 79.9. The highest BCUT2D eigenvalue weighted by Crippen LogP contribution is 2.39. The molecule has 0 bridgehead atoms. The molecule has 1 aliphatic heterocycles. The van der Waals surface area contributed by atoms with Crippen LogP contribution >= 0.6 is 39.1 Å². The molecule has 0 aliphatic carbocycles. The third kappa shape index (κ3) is 3.52. The Labute approximate surface area is 151 Å². The van der Waals surface area contributed by atoms with E-state index in [1.165, 1.54) is 18.2 Å². The second kappa shape index (κ2) is 6.39. The molecular formula is C14H10BrCl2NO4S. The number of nitrogens with one attached hydrogen (secondary N) is 1. The zero-order valence-electron chi connectivity index (χ0n) is 11.5. The number of halogens is 3. The third-order valence-corrected chi connectivity index (χ3v) is 5.80. The number of benzene rings is 2. The first-order valence-electron chi connectivity index (χ1n) is 6.44. The van der Waals surface area contributed by atoms with Gasteiger partial charge in [0.2, 0.25) is 0 Å². The van der Waals surface area contributed by atoms with E-state index in [1.54, 1.807) is 12.1 Å². The lowest BCUT2D eigenvalue weighted by molar-refractivity contribution is 0.171. The number of rotatable bonds is 3. The number of sulfonamides is 1. The van der Waals surface area contributed by atoms with Gasteiger partial charge in [0.1, 0.15) is 18.1 Å². The molecule has 0 aromatic heterocycles. The van der Waals surface area contributed by atoms with Crippen LogP contribution in [0.25, 0.3) is 0 Å². The first-order chi connectivity index (χ1) is 10.9. The fourth-order valence-electron chi connectivity index (χ4n) is 2.03. The van der Waals surface area contributed by atoms with E-state index >= 15 is 0 Å². The molecule has 0 fully saturated rings. The van der Waals surface area contributed by atoms with Gasteiger partial charge in [-0.2, -0.15) is 0 Å². The van der Waals surface area contributed by atoms with Crippen molar-refractivity contribution in [3.05, 3.63) is 44.8 Å². The average molecular weight is 439 g/mol. The molecule has 122 valence electrons. The molecule has 3 rings (SSSR count). The summed E-state index contributed by atoms with van der Waals surface area (Å²) >= 11 is 15.1. The van der Waals surface area contributed by atoms with Crippen LogP contribution in [0, 0.1) is 0 Å². The fraction of sp³-hybridized carbons (Fsp3) is 0.143. The van der Waals surface area contributed by atoms with Crippen LogP contribution in [-0.2, 0) is 10.0 Å². The Balaban J connectivity index is 1.99. The van der Waals surface area contributed by atoms with Crippen molar-refractivity contribution in [2.75, 3.05) is 17.9 Å². The lowest BCUT2D eigenvalue weighted by Gasteiger charge is -2.20. The van der Waals surface area contributed by atoms with Crippen LogP contribution in [0.4, 0.5) is 5.69 Å². The Kier molecular flexibility index (Phi) is 4.64. The summed E-state index contributed by atoms with van der Waals surface area (Å²) in [6.07, 6.45) is 0. The Morgan fingerprint density at radius 3 is 2.39 bits per heavy atom. The zero-order chi connectivity index (χ0) is 16.6. The first-order valence-corrected chi connectivity index (χ1v) is 9.47. The van der Waals surface area contributed by atoms with Crippen LogP contribution in [0.1, 0.15) is 0 Å². The molecule has 2 aromatic rings. The molecule has 1 N–H and O–H groups in total. The lowest BCUT2D eigenvalue weighted by atomic mass is 10.2. The number of anilines is 1. The van der Waals surface area contributed by atoms with E-state index in [0.717, 1.165) is 0 Å². The summed E-state index contributed by atoms with van der Waals surface area (Å²) in [7, 11) is -3.91. The maximum absolute atomic E-state index is 12.5. The van der Waals surface area contributed by atoms with Crippen molar-refractivity contribution in [2.45, 2.75) is 4.90 Å². The van der Waals surface area contributed by atoms with Crippen LogP contribution in [0.2, 0.25) is 10.0 Å². The van der Waals surface area contributed by atoms with Crippen molar-refractivity contribution in [3.63, 3.8) is 0 Å². The molecule has 0 radical (unpaired) electrons. The third-order valence-electron chi connectivity index (χ3n) is 3.06. The standard InChI is InChI=1S/C14H10BrCl2NO4S/c15-9-6-12-13(22-4-3-21-12)7-11(9)18-23(19,20)14-5-8(16)1-2-10(14)17/h1-2,5-7,18H,3-4H2. The molecular weight excluding hydrogens is 429 g/mol. The summed E-state index contributed by atoms with van der Waals surface area (Å²) in [5.74, 6) is 1.02. The van der Waals surface area contributed by atoms with Crippen molar-refractivity contribution in [3.8, 4) is 11.5 Å². The van der Waals surface area contributed by atoms with Crippen molar-refractivity contribution in [1.29, 1.82) is 0 Å². The van der Waals surface area contributed by atoms with E-state index in [2.05, 4.69) is 20.7 Å². The Morgan fingerprint density at radius 1 is 1.04 bits per heavy atom. The molecule has 0 amide bonds. The second-order valence-electron chi connectivity index (χ2n) is 4.66. The average Bonchev–Trinajstić information content (AvgIpc) is 2.50. The molecule has 1 aliphatic rings. The molecule has 0 atom stereocenters. The van der Waals surface area contributed by atoms with Crippen molar-refractivity contribution in [2.24, 2.45) is 0 Å². The maximum Gasteiger partial charge on any atom is 0.263 e. The van der Waals surface area contributed by atoms with E-state index in [1.807, 2.05) is 0 Å². The van der Waals surface area contributed by atoms with E-state index in [9.17, 15) is 8.42 Å². The van der Waals surface area contributed by atoms with Gasteiger partial charge >= 0.3 is 0 Å². The van der Waals surface area contributed by atoms with Gasteiger partial charge in [0.05, 0.1) is 10.7 Å². The van der Waals surface area contributed by atoms with E-state index in [-0.39, 0.29) is 14.9 Å². The highest BCUT2D eigenvalue weighted by molar-refractivity contribution is 9.10. The van der Waals surface area contributed by atoms with E-state index in [4.69, 9.17) is 32.7 Å². The van der Waals surface area contributed by atoms with Gasteiger partial charge in [0, 0.05) is 21.6 Å². The van der Waals surface area contributed by atoms with Gasteiger partial charge < -0.3 is 9.47 Å². The van der Waals surface area contributed by atoms with Gasteiger partial charge in [-0.15, -0.1) is 0 Å². The minimum absolute atomic E-state index is 0.0792. The van der Waals surface area contributed by atoms with Crippen LogP contribution in [-0.4, -0.2) is 21.6 Å². The predicted octanol–water partition coefficient (Wildman–Crippen LogP) is 4.33. The van der Waals surface area contributed by atoms with Crippen LogP contribution in [0.5, 0.6) is 11.5 Å². The summed E-state index contributed by atoms with van der Waals surface area (Å²) in [4.78, 5) is -0.103. The smallest absolute Gasteiger partial charge is 0.263 e. The van der Waals surface area contributed by atoms with Gasteiger partial charge in [-0.25, -0.2) is 8.42 Å². The minimum Gasteiger partial charge on any atom is -0.486 e. The Hall–Kier alpha value is -1.15. The molecule has 0 unspecified atom stereocenters. The monoisotopic (exact) mass is 437 g/mol. The first kappa shape index (κ1) is 16.7. The molecule has 5 nitrogen and oxygen atoms in total. The van der Waals surface area contributed by atoms with E-state index < -0.39 is 10.0 Å². The fourth-order valence-corrected chi connectivity index (χ4v) is 4.41. The van der Waals surface area contributed by atoms with Crippen molar-refractivity contribution in [1.82, 2.24) is 0 Å². The van der Waals surface area contributed by atoms with Crippen LogP contribution in [0.3, 0.4) is 0 Å². The topological polar surface area (TPSA) is 64.6 Å². The predicted molar refractivity (Wildman–Crippen MR) is 92.4 cm³/mol. The summed E-state index contributed by atoms with van der Waals surface area (Å²) in [5, 5.41) is 0.353. The quantitative estimate of drug-likeness (QED) is 0.774. The van der Waals surface area contributed by atoms with Crippen LogP contribution < -0.4 is 14.2 Å². The molecule has 1 heterocycles. The maximum atomic E-state index is 12.5. The van der Waals surface area contributed by atoms with Gasteiger partial charge in [-0.05, 0) is 34.1 Å². The number of fused-ring (bicyclic) bond motifs is 1. The van der Waals surface area contributed by atoms with Gasteiger partial charge in [0.15, 0.2) is 11.5 Å². The molecule has 23 heavy (non-hydrogen) atoms. The second-order valence-corrected chi connectivity index (χ2v) is 8.00. The highest BCUT2D eigenvalue weighted by Gasteiger charge is 2.22. The number of hydrogen-bond donors (Lipinski definition) is 1. The van der Waals surface area contributed by atoms with Crippen molar-refractivity contribution >= 4 is 54.8 Å². The summed E-state index contributed by atoms with van der Waals surface area (Å²) in [6.45, 7) is 0.851. The largest absolute Gasteiger partial charge is 0.486 e. The van der Waals surface area contributed by atoms with Crippen molar-refractivity contribution < 1.29 is 17.9 Å². The molecule has 0 spiro atoms. The van der Waals surface area contributed by atoms with Gasteiger partial charge in [-0.3, -0.25) is 4.72 Å². The molecule has 9 heteroatoms. The molecule has 0 saturated carbocycles. The Bertz CT molecular complexity index is 873. The summed E-state index contributed by atoms with van der Waals surface area (Å²) in [6, 6.07) is 7.43. The van der Waals surface area contributed by atoms with Gasteiger partial charge in [-0.1, -0.05) is 23.2 Å². The summed E-state index contributed by atoms with van der Waals surface area (Å²) in [5.41, 5.74) is 0.310. The zero-order valence-corrected chi connectivity index (χ0v) is 15.4. The molecule has 0 saturated heterocycles. The normalized spacial score (nSPS) is 13.7. The van der Waals surface area contributed by atoms with Crippen LogP contribution in [0.15, 0.2) is 39.7 Å². The Morgan fingerprint density at radius 2 is 1.70 bits per heavy atom.